The van der Waals surface area contributed by atoms with Gasteiger partial charge in [-0.3, -0.25) is 9.59 Å². The fourth-order valence-electron chi connectivity index (χ4n) is 5.43. The number of ether oxygens (including phenoxy) is 6. The Morgan fingerprint density at radius 1 is 0.837 bits per heavy atom. The van der Waals surface area contributed by atoms with E-state index in [2.05, 4.69) is 0 Å². The lowest BCUT2D eigenvalue weighted by Crippen LogP contribution is -2.57. The zero-order chi connectivity index (χ0) is 35.7. The van der Waals surface area contributed by atoms with Gasteiger partial charge in [-0.25, -0.2) is 4.79 Å². The lowest BCUT2D eigenvalue weighted by molar-refractivity contribution is -0.234. The van der Waals surface area contributed by atoms with Gasteiger partial charge >= 0.3 is 11.9 Å². The minimum Gasteiger partial charge on any atom is -0.508 e. The van der Waals surface area contributed by atoms with Crippen LogP contribution in [0.5, 0.6) is 40.2 Å². The number of methoxy groups -OCH3 is 3. The van der Waals surface area contributed by atoms with E-state index in [4.69, 9.17) is 32.8 Å². The molecule has 3 aromatic carbocycles. The summed E-state index contributed by atoms with van der Waals surface area (Å²) in [4.78, 5) is 38.7. The van der Waals surface area contributed by atoms with Crippen LogP contribution in [0.1, 0.15) is 28.9 Å². The SMILES string of the molecule is COc1cc(C(=O)O[C@@H]2[C@@H](O)[C@H](O)[C@@H](COC(C)=O)O[C@H]2c2c(O)c(OC)c(O)c3c(=O)cc(-c4ccc(O)cc4)oc23)cc(OC)c1O. The number of rotatable bonds is 9. The second kappa shape index (κ2) is 13.8. The van der Waals surface area contributed by atoms with Gasteiger partial charge in [-0.15, -0.1) is 0 Å². The molecule has 0 radical (unpaired) electrons. The smallest absolute Gasteiger partial charge is 0.338 e. The van der Waals surface area contributed by atoms with Crippen molar-refractivity contribution in [1.29, 1.82) is 0 Å². The van der Waals surface area contributed by atoms with Gasteiger partial charge in [0.1, 0.15) is 47.9 Å². The fourth-order valence-corrected chi connectivity index (χ4v) is 5.43. The number of fused-ring (bicyclic) bond motifs is 1. The summed E-state index contributed by atoms with van der Waals surface area (Å²) in [5.74, 6) is -5.10. The van der Waals surface area contributed by atoms with Gasteiger partial charge in [-0.2, -0.15) is 0 Å². The predicted octanol–water partition coefficient (Wildman–Crippen LogP) is 2.26. The molecular formula is C33H32O16. The first-order chi connectivity index (χ1) is 23.3. The molecule has 6 N–H and O–H groups in total. The van der Waals surface area contributed by atoms with E-state index in [-0.39, 0.29) is 28.6 Å². The Kier molecular flexibility index (Phi) is 9.75. The molecule has 1 aliphatic rings. The van der Waals surface area contributed by atoms with Crippen LogP contribution in [-0.2, 0) is 19.0 Å². The van der Waals surface area contributed by atoms with Crippen LogP contribution < -0.4 is 19.6 Å². The molecule has 0 bridgehead atoms. The van der Waals surface area contributed by atoms with Crippen LogP contribution in [0, 0.1) is 0 Å². The van der Waals surface area contributed by atoms with Crippen molar-refractivity contribution < 1.29 is 73.1 Å². The highest BCUT2D eigenvalue weighted by Gasteiger charge is 2.50. The Bertz CT molecular complexity index is 1920. The number of phenols is 4. The van der Waals surface area contributed by atoms with Crippen molar-refractivity contribution in [3.8, 4) is 51.6 Å². The molecular weight excluding hydrogens is 652 g/mol. The number of aromatic hydroxyl groups is 4. The van der Waals surface area contributed by atoms with Crippen LogP contribution in [0.4, 0.5) is 0 Å². The summed E-state index contributed by atoms with van der Waals surface area (Å²) in [6.45, 7) is 0.491. The summed E-state index contributed by atoms with van der Waals surface area (Å²) >= 11 is 0. The highest BCUT2D eigenvalue weighted by atomic mass is 16.6. The number of carbonyl (C=O) groups excluding carboxylic acids is 2. The molecule has 0 amide bonds. The van der Waals surface area contributed by atoms with Gasteiger partial charge in [0.2, 0.25) is 11.5 Å². The summed E-state index contributed by atoms with van der Waals surface area (Å²) in [7, 11) is 3.54. The average molecular weight is 685 g/mol. The van der Waals surface area contributed by atoms with Gasteiger partial charge in [0, 0.05) is 18.6 Å². The molecule has 1 fully saturated rings. The van der Waals surface area contributed by atoms with Crippen LogP contribution >= 0.6 is 0 Å². The molecule has 1 aromatic heterocycles. The number of carbonyl (C=O) groups is 2. The number of hydrogen-bond acceptors (Lipinski definition) is 16. The first-order valence-corrected chi connectivity index (χ1v) is 14.5. The third kappa shape index (κ3) is 6.43. The van der Waals surface area contributed by atoms with Crippen molar-refractivity contribution in [2.75, 3.05) is 27.9 Å². The minimum absolute atomic E-state index is 0.0805. The zero-order valence-corrected chi connectivity index (χ0v) is 26.4. The van der Waals surface area contributed by atoms with E-state index in [9.17, 15) is 45.0 Å². The van der Waals surface area contributed by atoms with Crippen LogP contribution in [0.3, 0.4) is 0 Å². The van der Waals surface area contributed by atoms with Crippen LogP contribution in [0.25, 0.3) is 22.3 Å². The maximum atomic E-state index is 13.6. The Morgan fingerprint density at radius 3 is 2.04 bits per heavy atom. The fraction of sp³-hybridized carbons (Fsp3) is 0.303. The summed E-state index contributed by atoms with van der Waals surface area (Å²) in [6.07, 6.45) is -9.03. The molecule has 1 aliphatic heterocycles. The summed E-state index contributed by atoms with van der Waals surface area (Å²) < 4.78 is 38.2. The van der Waals surface area contributed by atoms with E-state index in [0.29, 0.717) is 5.56 Å². The number of phenolic OH excluding ortho intramolecular Hbond substituents is 4. The average Bonchev–Trinajstić information content (AvgIpc) is 3.07. The molecule has 49 heavy (non-hydrogen) atoms. The van der Waals surface area contributed by atoms with Crippen molar-refractivity contribution in [2.24, 2.45) is 0 Å². The molecule has 16 nitrogen and oxygen atoms in total. The first-order valence-electron chi connectivity index (χ1n) is 14.5. The van der Waals surface area contributed by atoms with E-state index < -0.39 is 94.0 Å². The van der Waals surface area contributed by atoms with Gasteiger partial charge in [0.15, 0.2) is 40.1 Å². The van der Waals surface area contributed by atoms with Crippen molar-refractivity contribution >= 4 is 22.9 Å². The predicted molar refractivity (Wildman–Crippen MR) is 166 cm³/mol. The topological polar surface area (TPSA) is 241 Å². The van der Waals surface area contributed by atoms with Gasteiger partial charge in [-0.05, 0) is 36.4 Å². The van der Waals surface area contributed by atoms with Gasteiger partial charge < -0.3 is 63.5 Å². The molecule has 0 saturated carbocycles. The number of benzene rings is 3. The number of aliphatic hydroxyl groups excluding tert-OH is 2. The monoisotopic (exact) mass is 684 g/mol. The molecule has 0 unspecified atom stereocenters. The number of hydrogen-bond donors (Lipinski definition) is 6. The van der Waals surface area contributed by atoms with E-state index in [1.807, 2.05) is 0 Å². The normalized spacial score (nSPS) is 20.4. The highest BCUT2D eigenvalue weighted by Crippen LogP contribution is 2.51. The summed E-state index contributed by atoms with van der Waals surface area (Å²) in [5, 5.41) is 64.5. The number of esters is 2. The molecule has 0 spiro atoms. The minimum atomic E-state index is -1.99. The Balaban J connectivity index is 1.73. The van der Waals surface area contributed by atoms with Crippen molar-refractivity contribution in [1.82, 2.24) is 0 Å². The van der Waals surface area contributed by atoms with Gasteiger partial charge in [-0.1, -0.05) is 0 Å². The first kappa shape index (κ1) is 34.6. The highest BCUT2D eigenvalue weighted by molar-refractivity contribution is 5.94. The Labute approximate surface area is 276 Å². The Morgan fingerprint density at radius 2 is 1.47 bits per heavy atom. The second-order valence-electron chi connectivity index (χ2n) is 10.8. The lowest BCUT2D eigenvalue weighted by Gasteiger charge is -2.42. The van der Waals surface area contributed by atoms with E-state index in [1.165, 1.54) is 38.5 Å². The molecule has 1 saturated heterocycles. The van der Waals surface area contributed by atoms with E-state index in [0.717, 1.165) is 32.2 Å². The molecule has 0 aliphatic carbocycles. The molecule has 4 aromatic rings. The van der Waals surface area contributed by atoms with Crippen molar-refractivity contribution in [3.05, 3.63) is 63.8 Å². The molecule has 260 valence electrons. The van der Waals surface area contributed by atoms with E-state index in [1.54, 1.807) is 0 Å². The third-order valence-electron chi connectivity index (χ3n) is 7.85. The molecule has 5 atom stereocenters. The van der Waals surface area contributed by atoms with Crippen molar-refractivity contribution in [2.45, 2.75) is 37.4 Å². The molecule has 2 heterocycles. The second-order valence-corrected chi connectivity index (χ2v) is 10.8. The van der Waals surface area contributed by atoms with E-state index >= 15 is 0 Å². The summed E-state index contributed by atoms with van der Waals surface area (Å²) in [6, 6.07) is 8.79. The lowest BCUT2D eigenvalue weighted by atomic mass is 9.89. The largest absolute Gasteiger partial charge is 0.508 e. The number of aliphatic hydroxyl groups is 2. The van der Waals surface area contributed by atoms with Crippen LogP contribution in [0.15, 0.2) is 51.7 Å². The van der Waals surface area contributed by atoms with Gasteiger partial charge in [0.05, 0.1) is 32.5 Å². The summed E-state index contributed by atoms with van der Waals surface area (Å²) in [5.41, 5.74) is -1.71. The quantitative estimate of drug-likeness (QED) is 0.139. The standard InChI is InChI=1S/C33H32O16/c1-13(34)46-12-21-25(38)28(41)32(49-33(42)15-9-19(43-2)24(37)20(10-15)44-3)30(48-21)23-27(40)31(45-4)26(39)22-17(36)11-18(47-29(22)23)14-5-7-16(35)8-6-14/h5-11,21,25,28,30,32,35,37-41H,12H2,1-4H3/t21-,25-,28+,30+,32-/m1/s1. The molecule has 5 rings (SSSR count). The van der Waals surface area contributed by atoms with Crippen LogP contribution in [-0.4, -0.2) is 94.9 Å². The van der Waals surface area contributed by atoms with Crippen molar-refractivity contribution in [3.63, 3.8) is 0 Å². The van der Waals surface area contributed by atoms with Crippen LogP contribution in [0.2, 0.25) is 0 Å². The zero-order valence-electron chi connectivity index (χ0n) is 26.4. The molecule has 16 heteroatoms. The third-order valence-corrected chi connectivity index (χ3v) is 7.85. The van der Waals surface area contributed by atoms with Gasteiger partial charge in [0.25, 0.3) is 0 Å². The maximum Gasteiger partial charge on any atom is 0.338 e. The Hall–Kier alpha value is -5.71. The maximum absolute atomic E-state index is 13.6.